The molecule has 3 heteroatoms. The number of ether oxygens (including phenoxy) is 1. The Kier molecular flexibility index (Phi) is 6.48. The van der Waals surface area contributed by atoms with Crippen LogP contribution < -0.4 is 9.64 Å². The van der Waals surface area contributed by atoms with Gasteiger partial charge in [0.25, 0.3) is 0 Å². The fourth-order valence-corrected chi connectivity index (χ4v) is 3.91. The highest BCUT2D eigenvalue weighted by atomic mass is 16.5. The van der Waals surface area contributed by atoms with Crippen LogP contribution in [0.2, 0.25) is 0 Å². The van der Waals surface area contributed by atoms with Gasteiger partial charge in [0.1, 0.15) is 11.9 Å². The van der Waals surface area contributed by atoms with Gasteiger partial charge in [-0.25, -0.2) is 0 Å². The molecule has 0 spiro atoms. The first-order valence-electron chi connectivity index (χ1n) is 10.6. The standard InChI is InChI=1S/C26H30N2O/c1-22-12-14-25(15-13-22)29-26(23-8-4-2-5-9-23)16-17-27-18-20-28(21-19-27)24-10-6-3-7-11-24/h2-15,26H,16-21H2,1H3. The maximum absolute atomic E-state index is 6.40. The number of aryl methyl sites for hydroxylation is 1. The van der Waals surface area contributed by atoms with E-state index in [-0.39, 0.29) is 6.10 Å². The summed E-state index contributed by atoms with van der Waals surface area (Å²) in [6.45, 7) is 7.52. The van der Waals surface area contributed by atoms with Crippen molar-refractivity contribution in [3.8, 4) is 5.75 Å². The maximum Gasteiger partial charge on any atom is 0.125 e. The zero-order valence-electron chi connectivity index (χ0n) is 17.2. The first-order valence-corrected chi connectivity index (χ1v) is 10.6. The number of benzene rings is 3. The van der Waals surface area contributed by atoms with E-state index < -0.39 is 0 Å². The lowest BCUT2D eigenvalue weighted by Gasteiger charge is -2.36. The van der Waals surface area contributed by atoms with Crippen LogP contribution in [0, 0.1) is 6.92 Å². The third-order valence-corrected chi connectivity index (χ3v) is 5.67. The monoisotopic (exact) mass is 386 g/mol. The van der Waals surface area contributed by atoms with Crippen LogP contribution in [0.4, 0.5) is 5.69 Å². The molecule has 1 saturated heterocycles. The number of nitrogens with zero attached hydrogens (tertiary/aromatic N) is 2. The fraction of sp³-hybridized carbons (Fsp3) is 0.308. The summed E-state index contributed by atoms with van der Waals surface area (Å²) in [5.74, 6) is 0.943. The van der Waals surface area contributed by atoms with Gasteiger partial charge in [0.05, 0.1) is 0 Å². The molecule has 0 aromatic heterocycles. The molecule has 0 amide bonds. The zero-order chi connectivity index (χ0) is 19.9. The van der Waals surface area contributed by atoms with E-state index in [9.17, 15) is 0 Å². The molecular formula is C26H30N2O. The number of hydrogen-bond donors (Lipinski definition) is 0. The molecule has 0 saturated carbocycles. The molecule has 1 unspecified atom stereocenters. The maximum atomic E-state index is 6.40. The second-order valence-corrected chi connectivity index (χ2v) is 7.78. The minimum absolute atomic E-state index is 0.0751. The molecule has 0 N–H and O–H groups in total. The zero-order valence-corrected chi connectivity index (χ0v) is 17.2. The summed E-state index contributed by atoms with van der Waals surface area (Å²) in [6, 6.07) is 29.7. The van der Waals surface area contributed by atoms with Crippen molar-refractivity contribution < 1.29 is 4.74 Å². The number of anilines is 1. The molecule has 0 bridgehead atoms. The van der Waals surface area contributed by atoms with Gasteiger partial charge < -0.3 is 9.64 Å². The van der Waals surface area contributed by atoms with Gasteiger partial charge in [-0.05, 0) is 36.8 Å². The van der Waals surface area contributed by atoms with E-state index in [0.717, 1.165) is 44.9 Å². The predicted octanol–water partition coefficient (Wildman–Crippen LogP) is 5.33. The van der Waals surface area contributed by atoms with Crippen LogP contribution in [0.15, 0.2) is 84.9 Å². The highest BCUT2D eigenvalue weighted by Crippen LogP contribution is 2.26. The van der Waals surface area contributed by atoms with E-state index in [0.29, 0.717) is 0 Å². The van der Waals surface area contributed by atoms with Crippen molar-refractivity contribution in [2.75, 3.05) is 37.6 Å². The van der Waals surface area contributed by atoms with Crippen LogP contribution in [0.1, 0.15) is 23.7 Å². The molecule has 0 radical (unpaired) electrons. The Morgan fingerprint density at radius 3 is 2.03 bits per heavy atom. The highest BCUT2D eigenvalue weighted by molar-refractivity contribution is 5.46. The van der Waals surface area contributed by atoms with Crippen molar-refractivity contribution in [1.29, 1.82) is 0 Å². The van der Waals surface area contributed by atoms with E-state index in [1.165, 1.54) is 16.8 Å². The van der Waals surface area contributed by atoms with Crippen molar-refractivity contribution in [1.82, 2.24) is 4.90 Å². The van der Waals surface area contributed by atoms with Gasteiger partial charge in [-0.2, -0.15) is 0 Å². The van der Waals surface area contributed by atoms with Crippen LogP contribution in [0.25, 0.3) is 0 Å². The molecule has 1 heterocycles. The van der Waals surface area contributed by atoms with E-state index >= 15 is 0 Å². The van der Waals surface area contributed by atoms with Crippen LogP contribution in [0.5, 0.6) is 5.75 Å². The van der Waals surface area contributed by atoms with E-state index in [4.69, 9.17) is 4.74 Å². The lowest BCUT2D eigenvalue weighted by Crippen LogP contribution is -2.46. The third kappa shape index (κ3) is 5.39. The quantitative estimate of drug-likeness (QED) is 0.546. The molecule has 1 aliphatic rings. The van der Waals surface area contributed by atoms with Crippen LogP contribution >= 0.6 is 0 Å². The SMILES string of the molecule is Cc1ccc(OC(CCN2CCN(c3ccccc3)CC2)c2ccccc2)cc1. The molecule has 1 atom stereocenters. The Labute approximate surface area is 174 Å². The Morgan fingerprint density at radius 1 is 0.759 bits per heavy atom. The fourth-order valence-electron chi connectivity index (χ4n) is 3.91. The lowest BCUT2D eigenvalue weighted by atomic mass is 10.1. The Morgan fingerprint density at radius 2 is 1.38 bits per heavy atom. The Balaban J connectivity index is 1.35. The molecule has 4 rings (SSSR count). The number of hydrogen-bond acceptors (Lipinski definition) is 3. The van der Waals surface area contributed by atoms with Crippen molar-refractivity contribution in [3.05, 3.63) is 96.1 Å². The number of rotatable bonds is 7. The van der Waals surface area contributed by atoms with Gasteiger partial charge in [0.2, 0.25) is 0 Å². The summed E-state index contributed by atoms with van der Waals surface area (Å²) < 4.78 is 6.40. The van der Waals surface area contributed by atoms with Gasteiger partial charge in [0, 0.05) is 44.8 Å². The molecule has 29 heavy (non-hydrogen) atoms. The van der Waals surface area contributed by atoms with Crippen molar-refractivity contribution in [2.24, 2.45) is 0 Å². The average Bonchev–Trinajstić information content (AvgIpc) is 2.79. The van der Waals surface area contributed by atoms with E-state index in [2.05, 4.69) is 102 Å². The summed E-state index contributed by atoms with van der Waals surface area (Å²) in [5.41, 5.74) is 3.83. The summed E-state index contributed by atoms with van der Waals surface area (Å²) in [5, 5.41) is 0. The second kappa shape index (κ2) is 9.62. The molecule has 0 aliphatic carbocycles. The van der Waals surface area contributed by atoms with Gasteiger partial charge >= 0.3 is 0 Å². The first-order chi connectivity index (χ1) is 14.3. The van der Waals surface area contributed by atoms with E-state index in [1.807, 2.05) is 0 Å². The minimum Gasteiger partial charge on any atom is -0.486 e. The van der Waals surface area contributed by atoms with Crippen LogP contribution in [-0.4, -0.2) is 37.6 Å². The van der Waals surface area contributed by atoms with E-state index in [1.54, 1.807) is 0 Å². The van der Waals surface area contributed by atoms with Gasteiger partial charge in [-0.15, -0.1) is 0 Å². The summed E-state index contributed by atoms with van der Waals surface area (Å²) >= 11 is 0. The van der Waals surface area contributed by atoms with Crippen LogP contribution in [0.3, 0.4) is 0 Å². The Bertz CT molecular complexity index is 856. The van der Waals surface area contributed by atoms with Gasteiger partial charge in [0.15, 0.2) is 0 Å². The van der Waals surface area contributed by atoms with Crippen molar-refractivity contribution >= 4 is 5.69 Å². The normalized spacial score (nSPS) is 15.8. The molecular weight excluding hydrogens is 356 g/mol. The molecule has 1 fully saturated rings. The third-order valence-electron chi connectivity index (χ3n) is 5.67. The minimum atomic E-state index is 0.0751. The number of para-hydroxylation sites is 1. The van der Waals surface area contributed by atoms with Crippen molar-refractivity contribution in [2.45, 2.75) is 19.4 Å². The highest BCUT2D eigenvalue weighted by Gasteiger charge is 2.20. The summed E-state index contributed by atoms with van der Waals surface area (Å²) in [7, 11) is 0. The largest absolute Gasteiger partial charge is 0.486 e. The second-order valence-electron chi connectivity index (χ2n) is 7.78. The lowest BCUT2D eigenvalue weighted by molar-refractivity contribution is 0.160. The van der Waals surface area contributed by atoms with Gasteiger partial charge in [-0.3, -0.25) is 4.90 Å². The average molecular weight is 387 g/mol. The summed E-state index contributed by atoms with van der Waals surface area (Å²) in [6.07, 6.45) is 1.06. The summed E-state index contributed by atoms with van der Waals surface area (Å²) in [4.78, 5) is 5.04. The molecule has 1 aliphatic heterocycles. The number of piperazine rings is 1. The molecule has 3 aromatic rings. The smallest absolute Gasteiger partial charge is 0.125 e. The predicted molar refractivity (Wildman–Crippen MR) is 121 cm³/mol. The Hall–Kier alpha value is -2.78. The van der Waals surface area contributed by atoms with Crippen molar-refractivity contribution in [3.63, 3.8) is 0 Å². The topological polar surface area (TPSA) is 15.7 Å². The molecule has 3 aromatic carbocycles. The molecule has 150 valence electrons. The van der Waals surface area contributed by atoms with Gasteiger partial charge in [-0.1, -0.05) is 66.2 Å². The first kappa shape index (κ1) is 19.5. The molecule has 3 nitrogen and oxygen atoms in total. The van der Waals surface area contributed by atoms with Crippen LogP contribution in [-0.2, 0) is 0 Å².